The predicted octanol–water partition coefficient (Wildman–Crippen LogP) is 1.99. The van der Waals surface area contributed by atoms with E-state index >= 15 is 0 Å². The van der Waals surface area contributed by atoms with Crippen LogP contribution in [0, 0.1) is 5.41 Å². The number of nitrogens with one attached hydrogen (secondary N) is 1. The summed E-state index contributed by atoms with van der Waals surface area (Å²) >= 11 is 0. The average molecular weight is 271 g/mol. The lowest BCUT2D eigenvalue weighted by Crippen LogP contribution is -2.55. The Labute approximate surface area is 119 Å². The van der Waals surface area contributed by atoms with Crippen molar-refractivity contribution < 1.29 is 4.79 Å². The van der Waals surface area contributed by atoms with Crippen LogP contribution < -0.4 is 11.1 Å². The number of nitrogens with two attached hydrogens (primary N) is 1. The van der Waals surface area contributed by atoms with Gasteiger partial charge in [0, 0.05) is 12.6 Å². The molecule has 0 aliphatic heterocycles. The lowest BCUT2D eigenvalue weighted by molar-refractivity contribution is -0.124. The fourth-order valence-electron chi connectivity index (χ4n) is 1.95. The Hall–Kier alpha value is -0.610. The van der Waals surface area contributed by atoms with Gasteiger partial charge in [-0.05, 0) is 45.7 Å². The van der Waals surface area contributed by atoms with Gasteiger partial charge in [0.15, 0.2) is 0 Å². The largest absolute Gasteiger partial charge is 0.368 e. The van der Waals surface area contributed by atoms with Crippen LogP contribution in [0.3, 0.4) is 0 Å². The number of amides is 1. The highest BCUT2D eigenvalue weighted by Gasteiger charge is 2.31. The first-order valence-corrected chi connectivity index (χ1v) is 7.29. The molecular formula is C15H33N3O. The van der Waals surface area contributed by atoms with E-state index in [1.54, 1.807) is 0 Å². The van der Waals surface area contributed by atoms with E-state index in [-0.39, 0.29) is 11.3 Å². The summed E-state index contributed by atoms with van der Waals surface area (Å²) in [5.74, 6) is -0.266. The van der Waals surface area contributed by atoms with Crippen molar-refractivity contribution >= 4 is 5.91 Å². The number of rotatable bonds is 8. The molecule has 114 valence electrons. The van der Waals surface area contributed by atoms with Crippen molar-refractivity contribution in [3.63, 3.8) is 0 Å². The first-order chi connectivity index (χ1) is 8.54. The maximum atomic E-state index is 11.6. The Morgan fingerprint density at radius 3 is 2.21 bits per heavy atom. The first-order valence-electron chi connectivity index (χ1n) is 7.29. The Morgan fingerprint density at radius 1 is 1.32 bits per heavy atom. The van der Waals surface area contributed by atoms with Crippen molar-refractivity contribution in [2.45, 2.75) is 66.0 Å². The van der Waals surface area contributed by atoms with E-state index in [4.69, 9.17) is 5.73 Å². The number of primary amides is 1. The number of hydrogen-bond acceptors (Lipinski definition) is 3. The molecule has 0 saturated carbocycles. The molecular weight excluding hydrogens is 238 g/mol. The second-order valence-electron chi connectivity index (χ2n) is 6.90. The minimum absolute atomic E-state index is 0.231. The molecule has 4 nitrogen and oxygen atoms in total. The normalized spacial score (nSPS) is 17.3. The van der Waals surface area contributed by atoms with Gasteiger partial charge in [0.05, 0.1) is 5.54 Å². The summed E-state index contributed by atoms with van der Waals surface area (Å²) in [5.41, 5.74) is 5.16. The number of carbonyl (C=O) groups is 1. The number of carbonyl (C=O) groups excluding carboxylic acids is 1. The highest BCUT2D eigenvalue weighted by Crippen LogP contribution is 2.23. The van der Waals surface area contributed by atoms with Gasteiger partial charge in [0.25, 0.3) is 0 Å². The zero-order chi connectivity index (χ0) is 15.3. The van der Waals surface area contributed by atoms with Gasteiger partial charge in [0.2, 0.25) is 5.91 Å². The van der Waals surface area contributed by atoms with Crippen molar-refractivity contribution in [3.8, 4) is 0 Å². The molecule has 0 radical (unpaired) electrons. The first kappa shape index (κ1) is 18.4. The van der Waals surface area contributed by atoms with E-state index in [0.717, 1.165) is 25.9 Å². The smallest absolute Gasteiger partial charge is 0.237 e. The van der Waals surface area contributed by atoms with Gasteiger partial charge in [0.1, 0.15) is 0 Å². The number of hydrogen-bond donors (Lipinski definition) is 2. The standard InChI is InChI=1S/C15H33N3O/c1-8-10-17-15(6,13(16)19)9-11-18(7)12(2)14(3,4)5/h12,17H,8-11H2,1-7H3,(H2,16,19). The molecule has 0 aliphatic carbocycles. The van der Waals surface area contributed by atoms with Gasteiger partial charge >= 0.3 is 0 Å². The molecule has 0 fully saturated rings. The van der Waals surface area contributed by atoms with Crippen LogP contribution in [0.1, 0.15) is 54.4 Å². The summed E-state index contributed by atoms with van der Waals surface area (Å²) in [6, 6.07) is 0.454. The van der Waals surface area contributed by atoms with Crippen LogP contribution in [0.4, 0.5) is 0 Å². The Morgan fingerprint density at radius 2 is 1.84 bits per heavy atom. The minimum atomic E-state index is -0.609. The molecule has 0 bridgehead atoms. The summed E-state index contributed by atoms with van der Waals surface area (Å²) in [5, 5.41) is 3.28. The van der Waals surface area contributed by atoms with Crippen LogP contribution in [0.15, 0.2) is 0 Å². The topological polar surface area (TPSA) is 58.4 Å². The minimum Gasteiger partial charge on any atom is -0.368 e. The average Bonchev–Trinajstić information content (AvgIpc) is 2.31. The monoisotopic (exact) mass is 271 g/mol. The molecule has 1 amide bonds. The third kappa shape index (κ3) is 5.91. The van der Waals surface area contributed by atoms with Gasteiger partial charge in [-0.15, -0.1) is 0 Å². The molecule has 3 N–H and O–H groups in total. The van der Waals surface area contributed by atoms with Gasteiger partial charge in [-0.2, -0.15) is 0 Å². The highest BCUT2D eigenvalue weighted by atomic mass is 16.1. The molecule has 0 rings (SSSR count). The van der Waals surface area contributed by atoms with Crippen molar-refractivity contribution in [2.75, 3.05) is 20.1 Å². The third-order valence-corrected chi connectivity index (χ3v) is 4.19. The summed E-state index contributed by atoms with van der Waals surface area (Å²) in [6.45, 7) is 14.6. The quantitative estimate of drug-likeness (QED) is 0.710. The predicted molar refractivity (Wildman–Crippen MR) is 82.1 cm³/mol. The van der Waals surface area contributed by atoms with Crippen LogP contribution in [0.25, 0.3) is 0 Å². The van der Waals surface area contributed by atoms with Crippen LogP contribution in [0.2, 0.25) is 0 Å². The Balaban J connectivity index is 4.52. The molecule has 2 atom stereocenters. The maximum absolute atomic E-state index is 11.6. The Bertz CT molecular complexity index is 286. The molecule has 0 saturated heterocycles. The SMILES string of the molecule is CCCNC(C)(CCN(C)C(C)C(C)(C)C)C(N)=O. The molecule has 0 aromatic rings. The highest BCUT2D eigenvalue weighted by molar-refractivity contribution is 5.84. The molecule has 0 aromatic carbocycles. The summed E-state index contributed by atoms with van der Waals surface area (Å²) in [7, 11) is 2.11. The van der Waals surface area contributed by atoms with Crippen molar-refractivity contribution in [1.82, 2.24) is 10.2 Å². The van der Waals surface area contributed by atoms with Crippen molar-refractivity contribution in [1.29, 1.82) is 0 Å². The number of nitrogens with zero attached hydrogens (tertiary/aromatic N) is 1. The lowest BCUT2D eigenvalue weighted by atomic mass is 9.86. The van der Waals surface area contributed by atoms with Gasteiger partial charge in [-0.3, -0.25) is 4.79 Å². The fraction of sp³-hybridized carbons (Fsp3) is 0.933. The second kappa shape index (κ2) is 7.25. The second-order valence-corrected chi connectivity index (χ2v) is 6.90. The molecule has 0 aromatic heterocycles. The molecule has 0 aliphatic rings. The van der Waals surface area contributed by atoms with Gasteiger partial charge in [-0.1, -0.05) is 27.7 Å². The van der Waals surface area contributed by atoms with Crippen molar-refractivity contribution in [2.24, 2.45) is 11.1 Å². The van der Waals surface area contributed by atoms with E-state index < -0.39 is 5.54 Å². The zero-order valence-corrected chi connectivity index (χ0v) is 13.8. The van der Waals surface area contributed by atoms with Crippen LogP contribution in [-0.4, -0.2) is 42.5 Å². The molecule has 0 heterocycles. The third-order valence-electron chi connectivity index (χ3n) is 4.19. The summed E-state index contributed by atoms with van der Waals surface area (Å²) in [4.78, 5) is 13.9. The van der Waals surface area contributed by atoms with E-state index in [2.05, 4.69) is 51.9 Å². The maximum Gasteiger partial charge on any atom is 0.237 e. The lowest BCUT2D eigenvalue weighted by Gasteiger charge is -2.37. The van der Waals surface area contributed by atoms with Crippen LogP contribution >= 0.6 is 0 Å². The molecule has 0 spiro atoms. The van der Waals surface area contributed by atoms with Gasteiger partial charge in [-0.25, -0.2) is 0 Å². The van der Waals surface area contributed by atoms with Crippen LogP contribution in [-0.2, 0) is 4.79 Å². The molecule has 2 unspecified atom stereocenters. The Kier molecular flexibility index (Phi) is 7.01. The molecule has 4 heteroatoms. The van der Waals surface area contributed by atoms with E-state index in [9.17, 15) is 4.79 Å². The fourth-order valence-corrected chi connectivity index (χ4v) is 1.95. The van der Waals surface area contributed by atoms with E-state index in [1.807, 2.05) is 6.92 Å². The van der Waals surface area contributed by atoms with E-state index in [1.165, 1.54) is 0 Å². The zero-order valence-electron chi connectivity index (χ0n) is 13.8. The van der Waals surface area contributed by atoms with Crippen LogP contribution in [0.5, 0.6) is 0 Å². The van der Waals surface area contributed by atoms with Crippen molar-refractivity contribution in [3.05, 3.63) is 0 Å². The van der Waals surface area contributed by atoms with E-state index in [0.29, 0.717) is 6.04 Å². The molecule has 19 heavy (non-hydrogen) atoms. The van der Waals surface area contributed by atoms with Gasteiger partial charge < -0.3 is 16.0 Å². The summed E-state index contributed by atoms with van der Waals surface area (Å²) in [6.07, 6.45) is 1.73. The summed E-state index contributed by atoms with van der Waals surface area (Å²) < 4.78 is 0.